The van der Waals surface area contributed by atoms with E-state index in [-0.39, 0.29) is 17.9 Å². The van der Waals surface area contributed by atoms with E-state index < -0.39 is 5.97 Å². The molecule has 6 nitrogen and oxygen atoms in total. The van der Waals surface area contributed by atoms with Crippen molar-refractivity contribution in [2.24, 2.45) is 5.92 Å². The highest BCUT2D eigenvalue weighted by molar-refractivity contribution is 5.95. The number of carbonyl (C=O) groups excluding carboxylic acids is 1. The largest absolute Gasteiger partial charge is 0.481 e. The lowest BCUT2D eigenvalue weighted by atomic mass is 10.1. The van der Waals surface area contributed by atoms with Crippen molar-refractivity contribution in [1.82, 2.24) is 15.1 Å². The average molecular weight is 313 g/mol. The molecule has 120 valence electrons. The number of para-hydroxylation sites is 1. The predicted molar refractivity (Wildman–Crippen MR) is 84.5 cm³/mol. The molecular weight excluding hydrogens is 294 g/mol. The van der Waals surface area contributed by atoms with Crippen LogP contribution in [0.5, 0.6) is 0 Å². The number of hydrogen-bond acceptors (Lipinski definition) is 3. The number of hydrogen-bond donors (Lipinski definition) is 2. The number of aromatic nitrogens is 2. The number of nitrogens with zero attached hydrogens (tertiary/aromatic N) is 2. The molecule has 1 heterocycles. The van der Waals surface area contributed by atoms with E-state index >= 15 is 0 Å². The summed E-state index contributed by atoms with van der Waals surface area (Å²) in [6.07, 6.45) is 3.52. The Balaban J connectivity index is 1.71. The topological polar surface area (TPSA) is 84.2 Å². The Morgan fingerprint density at radius 3 is 2.65 bits per heavy atom. The van der Waals surface area contributed by atoms with E-state index in [0.717, 1.165) is 5.69 Å². The van der Waals surface area contributed by atoms with Crippen molar-refractivity contribution < 1.29 is 14.7 Å². The molecule has 0 radical (unpaired) electrons. The first-order chi connectivity index (χ1) is 11.0. The number of nitrogens with one attached hydrogen (secondary N) is 1. The molecule has 0 bridgehead atoms. The van der Waals surface area contributed by atoms with Gasteiger partial charge in [0.1, 0.15) is 0 Å². The van der Waals surface area contributed by atoms with Gasteiger partial charge in [0.25, 0.3) is 5.91 Å². The average Bonchev–Trinajstić information content (AvgIpc) is 3.15. The maximum Gasteiger partial charge on any atom is 0.306 e. The Bertz CT molecular complexity index is 724. The van der Waals surface area contributed by atoms with E-state index in [1.165, 1.54) is 0 Å². The van der Waals surface area contributed by atoms with Crippen molar-refractivity contribution in [1.29, 1.82) is 0 Å². The minimum absolute atomic E-state index is 0.0805. The van der Waals surface area contributed by atoms with Crippen LogP contribution < -0.4 is 5.32 Å². The molecule has 2 N–H and O–H groups in total. The molecule has 1 aliphatic carbocycles. The molecule has 0 unspecified atom stereocenters. The summed E-state index contributed by atoms with van der Waals surface area (Å²) in [5, 5.41) is 16.3. The van der Waals surface area contributed by atoms with Gasteiger partial charge in [0.15, 0.2) is 0 Å². The fourth-order valence-electron chi connectivity index (χ4n) is 3.00. The van der Waals surface area contributed by atoms with Gasteiger partial charge in [-0.1, -0.05) is 18.2 Å². The lowest BCUT2D eigenvalue weighted by Gasteiger charge is -2.11. The quantitative estimate of drug-likeness (QED) is 0.906. The minimum atomic E-state index is -0.783. The van der Waals surface area contributed by atoms with Crippen LogP contribution in [0.2, 0.25) is 0 Å². The smallest absolute Gasteiger partial charge is 0.306 e. The number of carboxylic acid groups (broad SMARTS) is 1. The van der Waals surface area contributed by atoms with E-state index in [1.807, 2.05) is 30.3 Å². The normalized spacial score (nSPS) is 20.4. The minimum Gasteiger partial charge on any atom is -0.481 e. The van der Waals surface area contributed by atoms with Crippen LogP contribution in [-0.4, -0.2) is 32.8 Å². The summed E-state index contributed by atoms with van der Waals surface area (Å²) >= 11 is 0. The molecule has 1 aliphatic rings. The number of carbonyl (C=O) groups is 2. The van der Waals surface area contributed by atoms with Crippen molar-refractivity contribution in [2.45, 2.75) is 32.2 Å². The number of benzene rings is 1. The lowest BCUT2D eigenvalue weighted by Crippen LogP contribution is -2.33. The van der Waals surface area contributed by atoms with Gasteiger partial charge in [-0.3, -0.25) is 9.59 Å². The molecule has 2 atom stereocenters. The van der Waals surface area contributed by atoms with E-state index in [2.05, 4.69) is 10.4 Å². The molecule has 0 spiro atoms. The summed E-state index contributed by atoms with van der Waals surface area (Å²) in [5.74, 6) is -1.33. The molecule has 6 heteroatoms. The van der Waals surface area contributed by atoms with Crippen LogP contribution in [0, 0.1) is 12.8 Å². The summed E-state index contributed by atoms with van der Waals surface area (Å²) in [6.45, 7) is 1.79. The van der Waals surface area contributed by atoms with E-state index in [9.17, 15) is 9.59 Å². The van der Waals surface area contributed by atoms with Crippen LogP contribution in [0.25, 0.3) is 5.69 Å². The molecule has 1 aromatic heterocycles. The van der Waals surface area contributed by atoms with Gasteiger partial charge in [-0.05, 0) is 38.3 Å². The zero-order valence-corrected chi connectivity index (χ0v) is 12.9. The van der Waals surface area contributed by atoms with Crippen LogP contribution in [0.1, 0.15) is 35.3 Å². The predicted octanol–water partition coefficient (Wildman–Crippen LogP) is 2.16. The lowest BCUT2D eigenvalue weighted by molar-refractivity contribution is -0.141. The second kappa shape index (κ2) is 6.24. The van der Waals surface area contributed by atoms with Crippen LogP contribution in [0.3, 0.4) is 0 Å². The van der Waals surface area contributed by atoms with Gasteiger partial charge in [-0.25, -0.2) is 4.68 Å². The van der Waals surface area contributed by atoms with Gasteiger partial charge in [0, 0.05) is 12.2 Å². The molecule has 2 aromatic rings. The molecule has 1 aromatic carbocycles. The Morgan fingerprint density at radius 1 is 1.26 bits per heavy atom. The zero-order valence-electron chi connectivity index (χ0n) is 12.9. The van der Waals surface area contributed by atoms with Gasteiger partial charge < -0.3 is 10.4 Å². The van der Waals surface area contributed by atoms with Crippen LogP contribution in [-0.2, 0) is 4.79 Å². The number of aryl methyl sites for hydroxylation is 1. The van der Waals surface area contributed by atoms with E-state index in [4.69, 9.17) is 5.11 Å². The Kier molecular flexibility index (Phi) is 4.14. The van der Waals surface area contributed by atoms with E-state index in [1.54, 1.807) is 17.8 Å². The molecule has 0 aliphatic heterocycles. The third-order valence-electron chi connectivity index (χ3n) is 4.28. The zero-order chi connectivity index (χ0) is 16.4. The highest BCUT2D eigenvalue weighted by atomic mass is 16.4. The highest BCUT2D eigenvalue weighted by Crippen LogP contribution is 2.26. The summed E-state index contributed by atoms with van der Waals surface area (Å²) < 4.78 is 1.68. The second-order valence-electron chi connectivity index (χ2n) is 5.93. The van der Waals surface area contributed by atoms with Crippen molar-refractivity contribution >= 4 is 11.9 Å². The van der Waals surface area contributed by atoms with Gasteiger partial charge in [-0.15, -0.1) is 0 Å². The first kappa shape index (κ1) is 15.3. The standard InChI is InChI=1S/C17H19N3O3/c1-11-15(10-20(19-11)14-5-3-2-4-6-14)16(21)18-13-8-7-12(9-13)17(22)23/h2-6,10,12-13H,7-9H2,1H3,(H,18,21)(H,22,23)/t12-,13+/m1/s1. The number of amides is 1. The molecule has 1 amide bonds. The molecule has 0 saturated heterocycles. The maximum absolute atomic E-state index is 12.4. The van der Waals surface area contributed by atoms with Gasteiger partial charge in [0.05, 0.1) is 22.9 Å². The third kappa shape index (κ3) is 3.26. The Morgan fingerprint density at radius 2 is 2.00 bits per heavy atom. The first-order valence-electron chi connectivity index (χ1n) is 7.70. The SMILES string of the molecule is Cc1nn(-c2ccccc2)cc1C(=O)N[C@H]1CC[C@@H](C(=O)O)C1. The maximum atomic E-state index is 12.4. The summed E-state index contributed by atoms with van der Waals surface area (Å²) in [6, 6.07) is 9.51. The highest BCUT2D eigenvalue weighted by Gasteiger charge is 2.31. The van der Waals surface area contributed by atoms with E-state index in [0.29, 0.717) is 30.5 Å². The summed E-state index contributed by atoms with van der Waals surface area (Å²) in [4.78, 5) is 23.4. The fourth-order valence-corrected chi connectivity index (χ4v) is 3.00. The van der Waals surface area contributed by atoms with Crippen LogP contribution >= 0.6 is 0 Å². The second-order valence-corrected chi connectivity index (χ2v) is 5.93. The third-order valence-corrected chi connectivity index (χ3v) is 4.28. The fraction of sp³-hybridized carbons (Fsp3) is 0.353. The van der Waals surface area contributed by atoms with Gasteiger partial charge in [-0.2, -0.15) is 5.10 Å². The van der Waals surface area contributed by atoms with Gasteiger partial charge in [0.2, 0.25) is 0 Å². The van der Waals surface area contributed by atoms with Crippen molar-refractivity contribution in [3.05, 3.63) is 47.8 Å². The number of aliphatic carboxylic acids is 1. The first-order valence-corrected chi connectivity index (χ1v) is 7.70. The van der Waals surface area contributed by atoms with Crippen molar-refractivity contribution in [3.63, 3.8) is 0 Å². The Hall–Kier alpha value is -2.63. The van der Waals surface area contributed by atoms with Gasteiger partial charge >= 0.3 is 5.97 Å². The molecule has 3 rings (SSSR count). The van der Waals surface area contributed by atoms with Crippen molar-refractivity contribution in [3.8, 4) is 5.69 Å². The van der Waals surface area contributed by atoms with Crippen molar-refractivity contribution in [2.75, 3.05) is 0 Å². The van der Waals surface area contributed by atoms with Crippen LogP contribution in [0.4, 0.5) is 0 Å². The van der Waals surface area contributed by atoms with Crippen LogP contribution in [0.15, 0.2) is 36.5 Å². The monoisotopic (exact) mass is 313 g/mol. The molecular formula is C17H19N3O3. The molecule has 1 saturated carbocycles. The molecule has 23 heavy (non-hydrogen) atoms. The summed E-state index contributed by atoms with van der Waals surface area (Å²) in [5.41, 5.74) is 2.06. The molecule has 1 fully saturated rings. The Labute approximate surface area is 134 Å². The number of rotatable bonds is 4. The summed E-state index contributed by atoms with van der Waals surface area (Å²) in [7, 11) is 0. The number of carboxylic acids is 1.